The molecule has 0 aliphatic rings. The SMILES string of the molecule is CCOc1ccc(CCCNC(=O)CCCN(c2ccccc2F)S(C)(=O)=O)cc1. The molecule has 30 heavy (non-hydrogen) atoms. The number of hydrogen-bond donors (Lipinski definition) is 1. The Labute approximate surface area is 178 Å². The van der Waals surface area contributed by atoms with Gasteiger partial charge in [0.2, 0.25) is 15.9 Å². The van der Waals surface area contributed by atoms with Crippen LogP contribution in [0.5, 0.6) is 5.75 Å². The summed E-state index contributed by atoms with van der Waals surface area (Å²) in [6, 6.07) is 13.6. The number of nitrogens with one attached hydrogen (secondary N) is 1. The standard InChI is InChI=1S/C22H29FN2O4S/c1-3-29-19-14-12-18(13-15-19)8-6-16-24-22(26)11-7-17-25(30(2,27)28)21-10-5-4-9-20(21)23/h4-5,9-10,12-15H,3,6-8,11,16-17H2,1-2H3,(H,24,26). The highest BCUT2D eigenvalue weighted by atomic mass is 32.2. The number of amides is 1. The molecule has 0 aliphatic heterocycles. The Hall–Kier alpha value is -2.61. The van der Waals surface area contributed by atoms with E-state index in [1.807, 2.05) is 31.2 Å². The quantitative estimate of drug-likeness (QED) is 0.517. The average molecular weight is 437 g/mol. The molecule has 0 saturated heterocycles. The van der Waals surface area contributed by atoms with Crippen LogP contribution in [0, 0.1) is 5.82 Å². The molecule has 0 atom stereocenters. The van der Waals surface area contributed by atoms with E-state index >= 15 is 0 Å². The molecule has 1 N–H and O–H groups in total. The van der Waals surface area contributed by atoms with E-state index in [0.717, 1.165) is 29.2 Å². The van der Waals surface area contributed by atoms with Gasteiger partial charge < -0.3 is 10.1 Å². The third-order valence-electron chi connectivity index (χ3n) is 4.49. The third kappa shape index (κ3) is 7.67. The minimum Gasteiger partial charge on any atom is -0.494 e. The Kier molecular flexibility index (Phi) is 9.11. The maximum Gasteiger partial charge on any atom is 0.232 e. The molecule has 0 aromatic heterocycles. The lowest BCUT2D eigenvalue weighted by Gasteiger charge is -2.22. The van der Waals surface area contributed by atoms with Crippen molar-refractivity contribution in [1.29, 1.82) is 0 Å². The molecule has 0 unspecified atom stereocenters. The van der Waals surface area contributed by atoms with Crippen LogP contribution in [0.1, 0.15) is 31.7 Å². The first kappa shape index (κ1) is 23.7. The molecule has 0 bridgehead atoms. The predicted octanol–water partition coefficient (Wildman–Crippen LogP) is 3.52. The van der Waals surface area contributed by atoms with Gasteiger partial charge in [0.1, 0.15) is 11.6 Å². The van der Waals surface area contributed by atoms with E-state index in [2.05, 4.69) is 5.32 Å². The number of benzene rings is 2. The van der Waals surface area contributed by atoms with E-state index in [1.165, 1.54) is 23.8 Å². The lowest BCUT2D eigenvalue weighted by atomic mass is 10.1. The van der Waals surface area contributed by atoms with Gasteiger partial charge in [-0.25, -0.2) is 12.8 Å². The number of rotatable bonds is 12. The molecule has 0 radical (unpaired) electrons. The van der Waals surface area contributed by atoms with E-state index in [0.29, 0.717) is 19.6 Å². The van der Waals surface area contributed by atoms with Gasteiger partial charge in [-0.15, -0.1) is 0 Å². The number of para-hydroxylation sites is 1. The highest BCUT2D eigenvalue weighted by Crippen LogP contribution is 2.21. The first-order valence-corrected chi connectivity index (χ1v) is 11.9. The normalized spacial score (nSPS) is 11.2. The molecule has 2 rings (SSSR count). The lowest BCUT2D eigenvalue weighted by molar-refractivity contribution is -0.121. The largest absolute Gasteiger partial charge is 0.494 e. The first-order chi connectivity index (χ1) is 14.3. The van der Waals surface area contributed by atoms with Gasteiger partial charge in [-0.2, -0.15) is 0 Å². The summed E-state index contributed by atoms with van der Waals surface area (Å²) in [5, 5.41) is 2.84. The van der Waals surface area contributed by atoms with Crippen molar-refractivity contribution in [1.82, 2.24) is 5.32 Å². The second-order valence-corrected chi connectivity index (χ2v) is 8.83. The van der Waals surface area contributed by atoms with Crippen LogP contribution in [0.2, 0.25) is 0 Å². The number of aryl methyl sites for hydroxylation is 1. The second-order valence-electron chi connectivity index (χ2n) is 6.92. The molecule has 0 saturated carbocycles. The summed E-state index contributed by atoms with van der Waals surface area (Å²) < 4.78 is 44.4. The fourth-order valence-corrected chi connectivity index (χ4v) is 4.00. The molecule has 0 spiro atoms. The molecule has 8 heteroatoms. The predicted molar refractivity (Wildman–Crippen MR) is 117 cm³/mol. The molecule has 2 aromatic rings. The van der Waals surface area contributed by atoms with Crippen molar-refractivity contribution in [2.24, 2.45) is 0 Å². The van der Waals surface area contributed by atoms with E-state index < -0.39 is 15.8 Å². The maximum absolute atomic E-state index is 14.0. The van der Waals surface area contributed by atoms with E-state index in [-0.39, 0.29) is 24.6 Å². The van der Waals surface area contributed by atoms with Crippen molar-refractivity contribution < 1.29 is 22.3 Å². The molecular formula is C22H29FN2O4S. The van der Waals surface area contributed by atoms with E-state index in [4.69, 9.17) is 4.74 Å². The van der Waals surface area contributed by atoms with Crippen LogP contribution in [0.3, 0.4) is 0 Å². The first-order valence-electron chi connectivity index (χ1n) is 10.0. The van der Waals surface area contributed by atoms with Gasteiger partial charge in [-0.1, -0.05) is 24.3 Å². The Balaban J connectivity index is 1.72. The fourth-order valence-electron chi connectivity index (χ4n) is 3.03. The monoisotopic (exact) mass is 436 g/mol. The number of carbonyl (C=O) groups excluding carboxylic acids is 1. The number of anilines is 1. The fraction of sp³-hybridized carbons (Fsp3) is 0.409. The third-order valence-corrected chi connectivity index (χ3v) is 5.67. The van der Waals surface area contributed by atoms with Crippen LogP contribution in [0.25, 0.3) is 0 Å². The number of sulfonamides is 1. The van der Waals surface area contributed by atoms with Crippen LogP contribution in [0.15, 0.2) is 48.5 Å². The van der Waals surface area contributed by atoms with Crippen LogP contribution in [0.4, 0.5) is 10.1 Å². The van der Waals surface area contributed by atoms with Gasteiger partial charge >= 0.3 is 0 Å². The summed E-state index contributed by atoms with van der Waals surface area (Å²) in [6.07, 6.45) is 3.13. The van der Waals surface area contributed by atoms with Crippen molar-refractivity contribution >= 4 is 21.6 Å². The zero-order valence-corrected chi connectivity index (χ0v) is 18.3. The van der Waals surface area contributed by atoms with Crippen LogP contribution in [-0.2, 0) is 21.2 Å². The molecular weight excluding hydrogens is 407 g/mol. The maximum atomic E-state index is 14.0. The van der Waals surface area contributed by atoms with Gasteiger partial charge in [0.15, 0.2) is 0 Å². The van der Waals surface area contributed by atoms with Crippen molar-refractivity contribution in [3.63, 3.8) is 0 Å². The highest BCUT2D eigenvalue weighted by Gasteiger charge is 2.20. The number of ether oxygens (including phenoxy) is 1. The van der Waals surface area contributed by atoms with Crippen molar-refractivity contribution in [2.45, 2.75) is 32.6 Å². The molecule has 6 nitrogen and oxygen atoms in total. The second kappa shape index (κ2) is 11.5. The Morgan fingerprint density at radius 3 is 2.43 bits per heavy atom. The van der Waals surface area contributed by atoms with Gasteiger partial charge in [0, 0.05) is 19.5 Å². The summed E-state index contributed by atoms with van der Waals surface area (Å²) in [7, 11) is -3.64. The summed E-state index contributed by atoms with van der Waals surface area (Å²) in [5.74, 6) is 0.0819. The molecule has 1 amide bonds. The van der Waals surface area contributed by atoms with Crippen molar-refractivity contribution in [2.75, 3.05) is 30.3 Å². The van der Waals surface area contributed by atoms with Crippen LogP contribution >= 0.6 is 0 Å². The molecule has 0 aliphatic carbocycles. The van der Waals surface area contributed by atoms with Gasteiger partial charge in [-0.3, -0.25) is 9.10 Å². The molecule has 164 valence electrons. The highest BCUT2D eigenvalue weighted by molar-refractivity contribution is 7.92. The van der Waals surface area contributed by atoms with Gasteiger partial charge in [0.25, 0.3) is 0 Å². The zero-order valence-electron chi connectivity index (χ0n) is 17.4. The van der Waals surface area contributed by atoms with E-state index in [1.54, 1.807) is 6.07 Å². The summed E-state index contributed by atoms with van der Waals surface area (Å²) in [4.78, 5) is 12.0. The van der Waals surface area contributed by atoms with E-state index in [9.17, 15) is 17.6 Å². The molecule has 0 fully saturated rings. The van der Waals surface area contributed by atoms with Gasteiger partial charge in [0.05, 0.1) is 18.6 Å². The van der Waals surface area contributed by atoms with Crippen molar-refractivity contribution in [3.8, 4) is 5.75 Å². The number of hydrogen-bond acceptors (Lipinski definition) is 4. The Morgan fingerprint density at radius 1 is 1.10 bits per heavy atom. The minimum absolute atomic E-state index is 0.00392. The number of nitrogens with zero attached hydrogens (tertiary/aromatic N) is 1. The molecule has 2 aromatic carbocycles. The average Bonchev–Trinajstić information content (AvgIpc) is 2.70. The number of halogens is 1. The smallest absolute Gasteiger partial charge is 0.232 e. The Morgan fingerprint density at radius 2 is 1.80 bits per heavy atom. The summed E-state index contributed by atoms with van der Waals surface area (Å²) >= 11 is 0. The van der Waals surface area contributed by atoms with Crippen LogP contribution < -0.4 is 14.4 Å². The topological polar surface area (TPSA) is 75.7 Å². The zero-order chi connectivity index (χ0) is 22.0. The Bertz CT molecular complexity index is 917. The van der Waals surface area contributed by atoms with Gasteiger partial charge in [-0.05, 0) is 56.0 Å². The molecule has 0 heterocycles. The minimum atomic E-state index is -3.64. The lowest BCUT2D eigenvalue weighted by Crippen LogP contribution is -2.33. The number of carbonyl (C=O) groups is 1. The summed E-state index contributed by atoms with van der Waals surface area (Å²) in [5.41, 5.74) is 1.16. The summed E-state index contributed by atoms with van der Waals surface area (Å²) in [6.45, 7) is 3.15. The van der Waals surface area contributed by atoms with Crippen molar-refractivity contribution in [3.05, 3.63) is 59.9 Å². The van der Waals surface area contributed by atoms with Crippen LogP contribution in [-0.4, -0.2) is 40.3 Å².